The quantitative estimate of drug-likeness (QED) is 0.734. The summed E-state index contributed by atoms with van der Waals surface area (Å²) in [5.41, 5.74) is -0.697. The number of nitrogens with zero attached hydrogens (tertiary/aromatic N) is 1. The zero-order valence-electron chi connectivity index (χ0n) is 9.12. The molecule has 0 bridgehead atoms. The van der Waals surface area contributed by atoms with Gasteiger partial charge in [0.15, 0.2) is 0 Å². The Labute approximate surface area is 84.8 Å². The molecule has 1 aliphatic heterocycles. The van der Waals surface area contributed by atoms with Crippen molar-refractivity contribution in [2.75, 3.05) is 26.3 Å². The van der Waals surface area contributed by atoms with Crippen LogP contribution in [0.3, 0.4) is 0 Å². The summed E-state index contributed by atoms with van der Waals surface area (Å²) in [6.45, 7) is 8.60. The number of morpholine rings is 1. The smallest absolute Gasteiger partial charge is 0.310 e. The molecule has 4 nitrogen and oxygen atoms in total. The molecule has 1 fully saturated rings. The molecule has 82 valence electrons. The van der Waals surface area contributed by atoms with E-state index in [9.17, 15) is 4.79 Å². The monoisotopic (exact) mass is 201 g/mol. The number of carboxylic acids is 1. The van der Waals surface area contributed by atoms with E-state index < -0.39 is 11.4 Å². The van der Waals surface area contributed by atoms with E-state index in [-0.39, 0.29) is 6.04 Å². The minimum Gasteiger partial charge on any atom is -0.481 e. The Bertz CT molecular complexity index is 209. The number of hydrogen-bond donors (Lipinski definition) is 1. The number of ether oxygens (including phenoxy) is 1. The van der Waals surface area contributed by atoms with Gasteiger partial charge in [0.25, 0.3) is 0 Å². The fraction of sp³-hybridized carbons (Fsp3) is 0.900. The van der Waals surface area contributed by atoms with Gasteiger partial charge in [-0.25, -0.2) is 0 Å². The Hall–Kier alpha value is -0.610. The highest BCUT2D eigenvalue weighted by Crippen LogP contribution is 2.25. The highest BCUT2D eigenvalue weighted by atomic mass is 16.5. The molecular weight excluding hydrogens is 182 g/mol. The first-order valence-electron chi connectivity index (χ1n) is 5.01. The van der Waals surface area contributed by atoms with Crippen LogP contribution in [0.15, 0.2) is 0 Å². The molecule has 0 spiro atoms. The lowest BCUT2D eigenvalue weighted by Crippen LogP contribution is -2.51. The number of hydrogen-bond acceptors (Lipinski definition) is 3. The summed E-state index contributed by atoms with van der Waals surface area (Å²) in [5.74, 6) is -0.739. The van der Waals surface area contributed by atoms with E-state index in [1.54, 1.807) is 13.8 Å². The third-order valence-corrected chi connectivity index (χ3v) is 3.19. The van der Waals surface area contributed by atoms with Gasteiger partial charge in [0.2, 0.25) is 0 Å². The van der Waals surface area contributed by atoms with Crippen molar-refractivity contribution in [2.24, 2.45) is 5.41 Å². The molecule has 0 aromatic rings. The number of carbonyl (C=O) groups is 1. The van der Waals surface area contributed by atoms with Crippen LogP contribution in [0.2, 0.25) is 0 Å². The van der Waals surface area contributed by atoms with Gasteiger partial charge in [0.1, 0.15) is 0 Å². The number of aliphatic carboxylic acids is 1. The van der Waals surface area contributed by atoms with Crippen molar-refractivity contribution in [1.82, 2.24) is 4.90 Å². The van der Waals surface area contributed by atoms with Gasteiger partial charge >= 0.3 is 5.97 Å². The molecule has 4 heteroatoms. The van der Waals surface area contributed by atoms with Gasteiger partial charge in [-0.3, -0.25) is 9.69 Å². The summed E-state index contributed by atoms with van der Waals surface area (Å²) in [4.78, 5) is 13.2. The van der Waals surface area contributed by atoms with Gasteiger partial charge in [0.05, 0.1) is 18.6 Å². The van der Waals surface area contributed by atoms with E-state index in [4.69, 9.17) is 9.84 Å². The summed E-state index contributed by atoms with van der Waals surface area (Å²) >= 11 is 0. The van der Waals surface area contributed by atoms with Crippen LogP contribution in [0.25, 0.3) is 0 Å². The van der Waals surface area contributed by atoms with Gasteiger partial charge in [-0.2, -0.15) is 0 Å². The Balaban J connectivity index is 2.62. The first-order chi connectivity index (χ1) is 6.46. The molecule has 1 atom stereocenters. The molecule has 14 heavy (non-hydrogen) atoms. The molecule has 0 radical (unpaired) electrons. The molecule has 0 aromatic heterocycles. The van der Waals surface area contributed by atoms with E-state index >= 15 is 0 Å². The van der Waals surface area contributed by atoms with E-state index in [1.165, 1.54) is 0 Å². The summed E-state index contributed by atoms with van der Waals surface area (Å²) < 4.78 is 5.23. The number of carboxylic acid groups (broad SMARTS) is 1. The molecule has 1 N–H and O–H groups in total. The maximum Gasteiger partial charge on any atom is 0.310 e. The normalized spacial score (nSPS) is 21.9. The van der Waals surface area contributed by atoms with Gasteiger partial charge in [-0.1, -0.05) is 0 Å². The minimum atomic E-state index is -0.739. The molecule has 1 heterocycles. The molecule has 0 aliphatic carbocycles. The topological polar surface area (TPSA) is 49.8 Å². The van der Waals surface area contributed by atoms with E-state index in [2.05, 4.69) is 4.90 Å². The molecule has 1 unspecified atom stereocenters. The Morgan fingerprint density at radius 1 is 1.43 bits per heavy atom. The van der Waals surface area contributed by atoms with Crippen LogP contribution in [-0.4, -0.2) is 48.3 Å². The van der Waals surface area contributed by atoms with Crippen LogP contribution in [0.4, 0.5) is 0 Å². The zero-order chi connectivity index (χ0) is 10.8. The maximum absolute atomic E-state index is 11.0. The molecular formula is C10H19NO3. The second-order valence-corrected chi connectivity index (χ2v) is 4.35. The van der Waals surface area contributed by atoms with Gasteiger partial charge in [-0.15, -0.1) is 0 Å². The van der Waals surface area contributed by atoms with Crippen molar-refractivity contribution >= 4 is 5.97 Å². The van der Waals surface area contributed by atoms with Crippen molar-refractivity contribution in [2.45, 2.75) is 26.8 Å². The highest BCUT2D eigenvalue weighted by Gasteiger charge is 2.37. The molecule has 0 saturated carbocycles. The van der Waals surface area contributed by atoms with Crippen LogP contribution < -0.4 is 0 Å². The van der Waals surface area contributed by atoms with Gasteiger partial charge in [-0.05, 0) is 20.8 Å². The van der Waals surface area contributed by atoms with Crippen LogP contribution in [-0.2, 0) is 9.53 Å². The number of rotatable bonds is 3. The first kappa shape index (κ1) is 11.5. The van der Waals surface area contributed by atoms with Crippen molar-refractivity contribution in [3.63, 3.8) is 0 Å². The Morgan fingerprint density at radius 3 is 2.36 bits per heavy atom. The molecule has 1 aliphatic rings. The van der Waals surface area contributed by atoms with Crippen molar-refractivity contribution in [1.29, 1.82) is 0 Å². The molecule has 1 rings (SSSR count). The van der Waals surface area contributed by atoms with Gasteiger partial charge < -0.3 is 9.84 Å². The van der Waals surface area contributed by atoms with E-state index in [1.807, 2.05) is 6.92 Å². The lowest BCUT2D eigenvalue weighted by molar-refractivity contribution is -0.151. The van der Waals surface area contributed by atoms with Crippen LogP contribution >= 0.6 is 0 Å². The lowest BCUT2D eigenvalue weighted by Gasteiger charge is -2.39. The fourth-order valence-corrected chi connectivity index (χ4v) is 1.60. The summed E-state index contributed by atoms with van der Waals surface area (Å²) in [5, 5.41) is 9.08. The average molecular weight is 201 g/mol. The third-order valence-electron chi connectivity index (χ3n) is 3.19. The molecule has 0 amide bonds. The third kappa shape index (κ3) is 2.25. The SMILES string of the molecule is CC(N1CCOCC1)C(C)(C)C(=O)O. The second kappa shape index (κ2) is 4.28. The van der Waals surface area contributed by atoms with Crippen molar-refractivity contribution in [3.05, 3.63) is 0 Å². The predicted octanol–water partition coefficient (Wildman–Crippen LogP) is 0.818. The summed E-state index contributed by atoms with van der Waals surface area (Å²) in [7, 11) is 0. The lowest BCUT2D eigenvalue weighted by atomic mass is 9.84. The zero-order valence-corrected chi connectivity index (χ0v) is 9.12. The average Bonchev–Trinajstić information content (AvgIpc) is 2.17. The summed E-state index contributed by atoms with van der Waals surface area (Å²) in [6, 6.07) is 0.0453. The fourth-order valence-electron chi connectivity index (χ4n) is 1.60. The Kier molecular flexibility index (Phi) is 3.50. The first-order valence-corrected chi connectivity index (χ1v) is 5.01. The van der Waals surface area contributed by atoms with Crippen molar-refractivity contribution < 1.29 is 14.6 Å². The highest BCUT2D eigenvalue weighted by molar-refractivity contribution is 5.74. The standard InChI is InChI=1S/C10H19NO3/c1-8(10(2,3)9(12)13)11-4-6-14-7-5-11/h8H,4-7H2,1-3H3,(H,12,13). The van der Waals surface area contributed by atoms with Gasteiger partial charge in [0, 0.05) is 19.1 Å². The summed E-state index contributed by atoms with van der Waals surface area (Å²) in [6.07, 6.45) is 0. The van der Waals surface area contributed by atoms with Crippen LogP contribution in [0.5, 0.6) is 0 Å². The maximum atomic E-state index is 11.0. The molecule has 0 aromatic carbocycles. The van der Waals surface area contributed by atoms with Crippen molar-refractivity contribution in [3.8, 4) is 0 Å². The second-order valence-electron chi connectivity index (χ2n) is 4.35. The van der Waals surface area contributed by atoms with Crippen LogP contribution in [0.1, 0.15) is 20.8 Å². The van der Waals surface area contributed by atoms with E-state index in [0.29, 0.717) is 13.2 Å². The molecule has 1 saturated heterocycles. The largest absolute Gasteiger partial charge is 0.481 e. The predicted molar refractivity (Wildman–Crippen MR) is 53.3 cm³/mol. The minimum absolute atomic E-state index is 0.0453. The van der Waals surface area contributed by atoms with E-state index in [0.717, 1.165) is 13.1 Å². The van der Waals surface area contributed by atoms with Crippen LogP contribution in [0, 0.1) is 5.41 Å². The Morgan fingerprint density at radius 2 is 1.93 bits per heavy atom.